The van der Waals surface area contributed by atoms with E-state index in [-0.39, 0.29) is 35.8 Å². The van der Waals surface area contributed by atoms with Gasteiger partial charge in [-0.15, -0.1) is 0 Å². The highest BCUT2D eigenvalue weighted by atomic mass is 32.2. The molecule has 2 aliphatic rings. The number of nitrogens with one attached hydrogen (secondary N) is 1. The van der Waals surface area contributed by atoms with Crippen LogP contribution in [-0.2, 0) is 19.4 Å². The molecule has 0 spiro atoms. The van der Waals surface area contributed by atoms with E-state index in [0.29, 0.717) is 6.42 Å². The lowest BCUT2D eigenvalue weighted by Crippen LogP contribution is -2.52. The Balaban J connectivity index is 2.09. The highest BCUT2D eigenvalue weighted by Crippen LogP contribution is 2.26. The number of nitrogens with zero attached hydrogens (tertiary/aromatic N) is 1. The van der Waals surface area contributed by atoms with Gasteiger partial charge in [-0.3, -0.25) is 19.8 Å². The highest BCUT2D eigenvalue weighted by molar-refractivity contribution is 7.91. The van der Waals surface area contributed by atoms with Crippen LogP contribution in [0.4, 0.5) is 0 Å². The second-order valence-corrected chi connectivity index (χ2v) is 8.18. The summed E-state index contributed by atoms with van der Waals surface area (Å²) in [6, 6.07) is -0.750. The average molecular weight is 288 g/mol. The maximum absolute atomic E-state index is 12.1. The number of imide groups is 1. The summed E-state index contributed by atoms with van der Waals surface area (Å²) in [6.45, 7) is 5.38. The molecule has 19 heavy (non-hydrogen) atoms. The fourth-order valence-corrected chi connectivity index (χ4v) is 4.96. The monoisotopic (exact) mass is 288 g/mol. The molecule has 0 aromatic heterocycles. The lowest BCUT2D eigenvalue weighted by atomic mass is 10.00. The van der Waals surface area contributed by atoms with Crippen molar-refractivity contribution in [1.29, 1.82) is 0 Å². The molecule has 2 aliphatic heterocycles. The Morgan fingerprint density at radius 3 is 2.42 bits per heavy atom. The van der Waals surface area contributed by atoms with Gasteiger partial charge in [0.05, 0.1) is 24.0 Å². The molecule has 2 amide bonds. The van der Waals surface area contributed by atoms with E-state index in [9.17, 15) is 18.0 Å². The Kier molecular flexibility index (Phi) is 3.47. The lowest BCUT2D eigenvalue weighted by Gasteiger charge is -2.27. The molecular formula is C12H20N2O4S. The summed E-state index contributed by atoms with van der Waals surface area (Å²) in [7, 11) is -3.03. The van der Waals surface area contributed by atoms with E-state index in [1.54, 1.807) is 20.8 Å². The van der Waals surface area contributed by atoms with E-state index in [0.717, 1.165) is 0 Å². The maximum Gasteiger partial charge on any atom is 0.247 e. The zero-order valence-corrected chi connectivity index (χ0v) is 12.3. The number of rotatable bonds is 3. The van der Waals surface area contributed by atoms with Crippen LogP contribution >= 0.6 is 0 Å². The largest absolute Gasteiger partial charge is 0.299 e. The SMILES string of the molecule is CC(C)N1C(=O)CC(NC2(C)CCS(=O)(=O)C2)C1=O. The third-order valence-corrected chi connectivity index (χ3v) is 5.63. The molecule has 2 atom stereocenters. The Bertz CT molecular complexity index is 514. The van der Waals surface area contributed by atoms with Gasteiger partial charge in [-0.1, -0.05) is 0 Å². The van der Waals surface area contributed by atoms with Gasteiger partial charge in [0, 0.05) is 11.6 Å². The van der Waals surface area contributed by atoms with Crippen molar-refractivity contribution in [2.75, 3.05) is 11.5 Å². The molecular weight excluding hydrogens is 268 g/mol. The lowest BCUT2D eigenvalue weighted by molar-refractivity contribution is -0.140. The number of amides is 2. The van der Waals surface area contributed by atoms with Crippen LogP contribution in [0.5, 0.6) is 0 Å². The molecule has 2 heterocycles. The molecule has 0 bridgehead atoms. The minimum atomic E-state index is -3.03. The minimum absolute atomic E-state index is 0.0274. The van der Waals surface area contributed by atoms with Gasteiger partial charge in [-0.25, -0.2) is 8.42 Å². The zero-order valence-electron chi connectivity index (χ0n) is 11.5. The van der Waals surface area contributed by atoms with Crippen LogP contribution < -0.4 is 5.32 Å². The third-order valence-electron chi connectivity index (χ3n) is 3.73. The topological polar surface area (TPSA) is 83.6 Å². The van der Waals surface area contributed by atoms with Gasteiger partial charge in [0.25, 0.3) is 0 Å². The zero-order chi connectivity index (χ0) is 14.4. The summed E-state index contributed by atoms with van der Waals surface area (Å²) in [4.78, 5) is 25.2. The van der Waals surface area contributed by atoms with E-state index in [4.69, 9.17) is 0 Å². The molecule has 2 saturated heterocycles. The van der Waals surface area contributed by atoms with Crippen molar-refractivity contribution >= 4 is 21.7 Å². The molecule has 1 N–H and O–H groups in total. The molecule has 6 nitrogen and oxygen atoms in total. The summed E-state index contributed by atoms with van der Waals surface area (Å²) in [6.07, 6.45) is 0.599. The van der Waals surface area contributed by atoms with Crippen molar-refractivity contribution in [3.05, 3.63) is 0 Å². The van der Waals surface area contributed by atoms with Gasteiger partial charge in [-0.2, -0.15) is 0 Å². The summed E-state index contributed by atoms with van der Waals surface area (Å²) in [5.74, 6) is -0.272. The first-order valence-electron chi connectivity index (χ1n) is 6.48. The first-order valence-corrected chi connectivity index (χ1v) is 8.30. The van der Waals surface area contributed by atoms with Crippen LogP contribution in [0.25, 0.3) is 0 Å². The summed E-state index contributed by atoms with van der Waals surface area (Å²) in [5.41, 5.74) is -0.605. The number of likely N-dealkylation sites (tertiary alicyclic amines) is 1. The summed E-state index contributed by atoms with van der Waals surface area (Å²) < 4.78 is 23.1. The van der Waals surface area contributed by atoms with Crippen molar-refractivity contribution in [3.8, 4) is 0 Å². The number of hydrogen-bond acceptors (Lipinski definition) is 5. The van der Waals surface area contributed by atoms with Crippen molar-refractivity contribution in [1.82, 2.24) is 10.2 Å². The minimum Gasteiger partial charge on any atom is -0.299 e. The van der Waals surface area contributed by atoms with Gasteiger partial charge in [-0.05, 0) is 27.2 Å². The first-order chi connectivity index (χ1) is 8.64. The molecule has 108 valence electrons. The predicted octanol–water partition coefficient (Wildman–Crippen LogP) is -0.311. The molecule has 7 heteroatoms. The van der Waals surface area contributed by atoms with Crippen molar-refractivity contribution in [3.63, 3.8) is 0 Å². The maximum atomic E-state index is 12.1. The number of hydrogen-bond donors (Lipinski definition) is 1. The van der Waals surface area contributed by atoms with Gasteiger partial charge in [0.2, 0.25) is 11.8 Å². The predicted molar refractivity (Wildman–Crippen MR) is 70.2 cm³/mol. The van der Waals surface area contributed by atoms with Crippen LogP contribution in [0.3, 0.4) is 0 Å². The second kappa shape index (κ2) is 4.56. The van der Waals surface area contributed by atoms with Gasteiger partial charge >= 0.3 is 0 Å². The number of carbonyl (C=O) groups excluding carboxylic acids is 2. The van der Waals surface area contributed by atoms with Gasteiger partial charge in [0.15, 0.2) is 9.84 Å². The summed E-state index contributed by atoms with van der Waals surface area (Å²) >= 11 is 0. The molecule has 2 rings (SSSR count). The Morgan fingerprint density at radius 2 is 2.00 bits per heavy atom. The van der Waals surface area contributed by atoms with Crippen molar-refractivity contribution in [2.45, 2.75) is 51.2 Å². The van der Waals surface area contributed by atoms with E-state index in [1.807, 2.05) is 0 Å². The van der Waals surface area contributed by atoms with Crippen LogP contribution in [0.15, 0.2) is 0 Å². The van der Waals surface area contributed by atoms with Crippen LogP contribution in [0.1, 0.15) is 33.6 Å². The van der Waals surface area contributed by atoms with E-state index >= 15 is 0 Å². The van der Waals surface area contributed by atoms with Crippen LogP contribution in [0, 0.1) is 0 Å². The quantitative estimate of drug-likeness (QED) is 0.720. The van der Waals surface area contributed by atoms with Crippen molar-refractivity contribution < 1.29 is 18.0 Å². The molecule has 0 radical (unpaired) electrons. The van der Waals surface area contributed by atoms with Gasteiger partial charge in [0.1, 0.15) is 0 Å². The number of sulfone groups is 1. The Labute approximate surface area is 113 Å². The molecule has 0 saturated carbocycles. The third kappa shape index (κ3) is 2.81. The molecule has 2 fully saturated rings. The molecule has 2 unspecified atom stereocenters. The fraction of sp³-hybridized carbons (Fsp3) is 0.833. The summed E-state index contributed by atoms with van der Waals surface area (Å²) in [5, 5.41) is 3.08. The van der Waals surface area contributed by atoms with Crippen LogP contribution in [-0.4, -0.2) is 54.3 Å². The second-order valence-electron chi connectivity index (χ2n) is 6.00. The smallest absolute Gasteiger partial charge is 0.247 e. The Morgan fingerprint density at radius 1 is 1.37 bits per heavy atom. The standard InChI is InChI=1S/C12H20N2O4S/c1-8(2)14-10(15)6-9(11(14)16)13-12(3)4-5-19(17,18)7-12/h8-9,13H,4-7H2,1-3H3. The molecule has 0 aromatic rings. The molecule has 0 aromatic carbocycles. The van der Waals surface area contributed by atoms with Crippen LogP contribution in [0.2, 0.25) is 0 Å². The number of carbonyl (C=O) groups is 2. The first kappa shape index (κ1) is 14.5. The Hall–Kier alpha value is -0.950. The van der Waals surface area contributed by atoms with E-state index in [2.05, 4.69) is 5.32 Å². The van der Waals surface area contributed by atoms with Gasteiger partial charge < -0.3 is 0 Å². The molecule has 0 aliphatic carbocycles. The normalized spacial score (nSPS) is 34.5. The van der Waals surface area contributed by atoms with E-state index < -0.39 is 21.4 Å². The fourth-order valence-electron chi connectivity index (χ4n) is 2.85. The van der Waals surface area contributed by atoms with Crippen molar-refractivity contribution in [2.24, 2.45) is 0 Å². The average Bonchev–Trinajstić information content (AvgIpc) is 2.65. The van der Waals surface area contributed by atoms with E-state index in [1.165, 1.54) is 4.90 Å². The highest BCUT2D eigenvalue weighted by Gasteiger charge is 2.46.